The molecule has 1 fully saturated rings. The average molecular weight is 564 g/mol. The molecule has 0 spiro atoms. The lowest BCUT2D eigenvalue weighted by Gasteiger charge is -2.28. The molecule has 2 aromatic carbocycles. The van der Waals surface area contributed by atoms with E-state index in [1.54, 1.807) is 12.1 Å². The minimum atomic E-state index is -0.745. The molecule has 1 atom stereocenters. The summed E-state index contributed by atoms with van der Waals surface area (Å²) in [6.45, 7) is 0.649. The molecule has 214 valence electrons. The lowest BCUT2D eigenvalue weighted by atomic mass is 9.81. The largest absolute Gasteiger partial charge is 0.346 e. The summed E-state index contributed by atoms with van der Waals surface area (Å²) in [5.74, 6) is 0.457. The van der Waals surface area contributed by atoms with Gasteiger partial charge in [0.2, 0.25) is 17.6 Å². The number of H-pyrrole nitrogens is 2. The normalized spacial score (nSPS) is 17.5. The molecule has 11 nitrogen and oxygen atoms in total. The van der Waals surface area contributed by atoms with Crippen molar-refractivity contribution in [2.45, 2.75) is 38.1 Å². The van der Waals surface area contributed by atoms with E-state index < -0.39 is 6.04 Å². The van der Waals surface area contributed by atoms with Crippen LogP contribution in [-0.4, -0.2) is 55.0 Å². The van der Waals surface area contributed by atoms with Gasteiger partial charge in [0.1, 0.15) is 11.7 Å². The van der Waals surface area contributed by atoms with Crippen molar-refractivity contribution >= 4 is 28.5 Å². The lowest BCUT2D eigenvalue weighted by Crippen LogP contribution is -2.48. The number of carbonyl (C=O) groups excluding carboxylic acids is 2. The maximum absolute atomic E-state index is 13.5. The fourth-order valence-corrected chi connectivity index (χ4v) is 5.54. The second-order valence-electron chi connectivity index (χ2n) is 10.9. The van der Waals surface area contributed by atoms with Gasteiger partial charge in [0.15, 0.2) is 0 Å². The molecule has 0 aliphatic heterocycles. The number of hydrogen-bond acceptors (Lipinski definition) is 7. The van der Waals surface area contributed by atoms with Crippen LogP contribution in [0.5, 0.6) is 0 Å². The molecule has 1 aliphatic rings. The van der Waals surface area contributed by atoms with Crippen LogP contribution in [-0.2, 0) is 16.0 Å². The Morgan fingerprint density at radius 3 is 2.43 bits per heavy atom. The number of benzene rings is 2. The molecule has 0 bridgehead atoms. The first kappa shape index (κ1) is 27.3. The minimum Gasteiger partial charge on any atom is -0.346 e. The Balaban J connectivity index is 1.17. The van der Waals surface area contributed by atoms with Gasteiger partial charge in [-0.15, -0.1) is 10.2 Å². The first-order valence-electron chi connectivity index (χ1n) is 14.2. The highest BCUT2D eigenvalue weighted by atomic mass is 16.2. The first-order valence-corrected chi connectivity index (χ1v) is 14.2. The summed E-state index contributed by atoms with van der Waals surface area (Å²) in [6.07, 6.45) is 7.50. The van der Waals surface area contributed by atoms with Crippen LogP contribution in [0.25, 0.3) is 33.5 Å². The monoisotopic (exact) mass is 563 g/mol. The highest BCUT2D eigenvalue weighted by Gasteiger charge is 2.29. The number of nitrogens with two attached hydrogens (primary N) is 1. The predicted octanol–water partition coefficient (Wildman–Crippen LogP) is 3.84. The van der Waals surface area contributed by atoms with Gasteiger partial charge in [-0.25, -0.2) is 4.98 Å². The Labute approximate surface area is 242 Å². The second-order valence-corrected chi connectivity index (χ2v) is 10.9. The number of amides is 2. The number of nitrogens with zero attached hydrogens (tertiary/aromatic N) is 4. The molecule has 3 aromatic heterocycles. The molecule has 11 heteroatoms. The lowest BCUT2D eigenvalue weighted by molar-refractivity contribution is -0.130. The van der Waals surface area contributed by atoms with Crippen LogP contribution in [0.15, 0.2) is 73.1 Å². The number of tetrazole rings is 1. The van der Waals surface area contributed by atoms with E-state index in [2.05, 4.69) is 47.3 Å². The van der Waals surface area contributed by atoms with Crippen LogP contribution >= 0.6 is 0 Å². The van der Waals surface area contributed by atoms with E-state index in [0.29, 0.717) is 30.4 Å². The third-order valence-electron chi connectivity index (χ3n) is 8.07. The number of aromatic nitrogens is 6. The summed E-state index contributed by atoms with van der Waals surface area (Å²) in [6, 6.07) is 18.5. The molecule has 0 radical (unpaired) electrons. The zero-order valence-corrected chi connectivity index (χ0v) is 23.1. The fourth-order valence-electron chi connectivity index (χ4n) is 5.54. The quantitative estimate of drug-likeness (QED) is 0.182. The first-order chi connectivity index (χ1) is 20.6. The third kappa shape index (κ3) is 6.21. The molecule has 5 aromatic rings. The van der Waals surface area contributed by atoms with Crippen molar-refractivity contribution in [1.29, 1.82) is 0 Å². The number of aromatic amines is 2. The molecule has 1 unspecified atom stereocenters. The summed E-state index contributed by atoms with van der Waals surface area (Å²) < 4.78 is 0. The van der Waals surface area contributed by atoms with Gasteiger partial charge in [0.05, 0.1) is 0 Å². The number of carbonyl (C=O) groups is 2. The fraction of sp³-hybridized carbons (Fsp3) is 0.290. The van der Waals surface area contributed by atoms with Crippen molar-refractivity contribution in [3.05, 3.63) is 78.6 Å². The molecule has 1 saturated carbocycles. The van der Waals surface area contributed by atoms with Gasteiger partial charge in [-0.2, -0.15) is 5.21 Å². The Kier molecular flexibility index (Phi) is 8.00. The van der Waals surface area contributed by atoms with Crippen molar-refractivity contribution in [2.75, 3.05) is 11.9 Å². The van der Waals surface area contributed by atoms with Gasteiger partial charge in [0.25, 0.3) is 0 Å². The number of fused-ring (bicyclic) bond motifs is 1. The van der Waals surface area contributed by atoms with Crippen LogP contribution < -0.4 is 16.4 Å². The maximum Gasteiger partial charge on any atom is 0.247 e. The van der Waals surface area contributed by atoms with Crippen molar-refractivity contribution in [3.63, 3.8) is 0 Å². The Bertz CT molecular complexity index is 1640. The zero-order valence-electron chi connectivity index (χ0n) is 23.1. The molecule has 3 heterocycles. The van der Waals surface area contributed by atoms with Crippen molar-refractivity contribution < 1.29 is 9.59 Å². The topological polar surface area (TPSA) is 167 Å². The number of pyridine rings is 1. The maximum atomic E-state index is 13.5. The number of rotatable bonds is 9. The highest BCUT2D eigenvalue weighted by molar-refractivity contribution is 5.97. The van der Waals surface area contributed by atoms with Gasteiger partial charge in [-0.3, -0.25) is 9.59 Å². The van der Waals surface area contributed by atoms with E-state index in [1.807, 2.05) is 54.9 Å². The summed E-state index contributed by atoms with van der Waals surface area (Å²) in [5, 5.41) is 21.0. The second kappa shape index (κ2) is 12.3. The van der Waals surface area contributed by atoms with Crippen LogP contribution in [0.2, 0.25) is 0 Å². The minimum absolute atomic E-state index is 0.0828. The smallest absolute Gasteiger partial charge is 0.247 e. The van der Waals surface area contributed by atoms with Gasteiger partial charge in [-0.1, -0.05) is 24.3 Å². The SMILES string of the molecule is NCC1CCC(C(=O)NC(Cc2ccc(-c3cnc4[nH]ccc4c3)cc2)C(=O)Nc2ccc(-c3nn[nH]n3)cc2)CC1. The molecular formula is C31H33N9O2. The van der Waals surface area contributed by atoms with E-state index in [1.165, 1.54) is 0 Å². The zero-order chi connectivity index (χ0) is 28.9. The van der Waals surface area contributed by atoms with E-state index in [-0.39, 0.29) is 17.7 Å². The predicted molar refractivity (Wildman–Crippen MR) is 160 cm³/mol. The van der Waals surface area contributed by atoms with E-state index in [9.17, 15) is 9.59 Å². The van der Waals surface area contributed by atoms with Gasteiger partial charge in [-0.05, 0) is 90.9 Å². The Morgan fingerprint density at radius 1 is 0.952 bits per heavy atom. The van der Waals surface area contributed by atoms with Gasteiger partial charge < -0.3 is 21.4 Å². The van der Waals surface area contributed by atoms with Crippen LogP contribution in [0, 0.1) is 11.8 Å². The standard InChI is InChI=1S/C31H33N9O2/c32-17-20-3-7-23(8-4-20)30(41)36-27(31(42)35-26-11-9-22(10-12-26)29-37-39-40-38-29)15-19-1-5-21(6-2-19)25-16-24-13-14-33-28(24)34-18-25/h1-2,5-6,9-14,16,18,20,23,27H,3-4,7-8,15,17,32H2,(H,33,34)(H,35,42)(H,36,41)(H,37,38,39,40). The molecular weight excluding hydrogens is 530 g/mol. The van der Waals surface area contributed by atoms with Crippen molar-refractivity contribution in [2.24, 2.45) is 17.6 Å². The Morgan fingerprint density at radius 2 is 1.71 bits per heavy atom. The van der Waals surface area contributed by atoms with E-state index >= 15 is 0 Å². The molecule has 6 rings (SSSR count). The highest BCUT2D eigenvalue weighted by Crippen LogP contribution is 2.29. The summed E-state index contributed by atoms with van der Waals surface area (Å²) in [7, 11) is 0. The van der Waals surface area contributed by atoms with Gasteiger partial charge in [0, 0.05) is 46.9 Å². The molecule has 6 N–H and O–H groups in total. The summed E-state index contributed by atoms with van der Waals surface area (Å²) in [4.78, 5) is 34.4. The molecule has 2 amide bonds. The van der Waals surface area contributed by atoms with Crippen molar-refractivity contribution in [1.82, 2.24) is 35.9 Å². The summed E-state index contributed by atoms with van der Waals surface area (Å²) in [5.41, 5.74) is 11.0. The van der Waals surface area contributed by atoms with Crippen LogP contribution in [0.1, 0.15) is 31.2 Å². The molecule has 0 saturated heterocycles. The number of anilines is 1. The van der Waals surface area contributed by atoms with Crippen molar-refractivity contribution in [3.8, 4) is 22.5 Å². The van der Waals surface area contributed by atoms with Crippen LogP contribution in [0.4, 0.5) is 5.69 Å². The van der Waals surface area contributed by atoms with Gasteiger partial charge >= 0.3 is 0 Å². The molecule has 42 heavy (non-hydrogen) atoms. The van der Waals surface area contributed by atoms with E-state index in [0.717, 1.165) is 59.0 Å². The summed E-state index contributed by atoms with van der Waals surface area (Å²) >= 11 is 0. The average Bonchev–Trinajstić information content (AvgIpc) is 3.74. The van der Waals surface area contributed by atoms with E-state index in [4.69, 9.17) is 5.73 Å². The Hall–Kier alpha value is -4.90. The number of hydrogen-bond donors (Lipinski definition) is 5. The van der Waals surface area contributed by atoms with Crippen LogP contribution in [0.3, 0.4) is 0 Å². The third-order valence-corrected chi connectivity index (χ3v) is 8.07. The molecule has 1 aliphatic carbocycles. The number of nitrogens with one attached hydrogen (secondary N) is 4.